The van der Waals surface area contributed by atoms with Crippen molar-refractivity contribution >= 4 is 0 Å². The van der Waals surface area contributed by atoms with Gasteiger partial charge in [0.1, 0.15) is 13.2 Å². The molecule has 0 radical (unpaired) electrons. The molecular formula is C12H10N2O2. The molecule has 0 spiro atoms. The minimum absolute atomic E-state index is 0.191. The zero-order valence-corrected chi connectivity index (χ0v) is 8.64. The second-order valence-corrected chi connectivity index (χ2v) is 3.45. The SMILES string of the molecule is N#CCC(C#N)c1ccc2c(c1)OCCO2. The van der Waals surface area contributed by atoms with E-state index in [1.54, 1.807) is 18.2 Å². The number of hydrogen-bond acceptors (Lipinski definition) is 4. The van der Waals surface area contributed by atoms with Crippen molar-refractivity contribution in [1.82, 2.24) is 0 Å². The Morgan fingerprint density at radius 3 is 2.62 bits per heavy atom. The zero-order chi connectivity index (χ0) is 11.4. The van der Waals surface area contributed by atoms with E-state index in [1.165, 1.54) is 0 Å². The molecule has 0 amide bonds. The van der Waals surface area contributed by atoms with Crippen LogP contribution in [0.2, 0.25) is 0 Å². The minimum atomic E-state index is -0.402. The summed E-state index contributed by atoms with van der Waals surface area (Å²) >= 11 is 0. The fourth-order valence-corrected chi connectivity index (χ4v) is 1.61. The van der Waals surface area contributed by atoms with Crippen molar-refractivity contribution in [3.8, 4) is 23.6 Å². The summed E-state index contributed by atoms with van der Waals surface area (Å²) < 4.78 is 10.8. The van der Waals surface area contributed by atoms with Crippen molar-refractivity contribution in [3.63, 3.8) is 0 Å². The molecule has 1 aliphatic rings. The van der Waals surface area contributed by atoms with Crippen LogP contribution in [-0.4, -0.2) is 13.2 Å². The molecule has 0 bridgehead atoms. The molecule has 1 aromatic carbocycles. The van der Waals surface area contributed by atoms with Crippen LogP contribution in [0, 0.1) is 22.7 Å². The van der Waals surface area contributed by atoms with Crippen LogP contribution in [0.5, 0.6) is 11.5 Å². The lowest BCUT2D eigenvalue weighted by Gasteiger charge is -2.19. The van der Waals surface area contributed by atoms with Crippen LogP contribution < -0.4 is 9.47 Å². The zero-order valence-electron chi connectivity index (χ0n) is 8.64. The summed E-state index contributed by atoms with van der Waals surface area (Å²) in [6, 6.07) is 9.47. The monoisotopic (exact) mass is 214 g/mol. The van der Waals surface area contributed by atoms with Gasteiger partial charge in [0.05, 0.1) is 24.5 Å². The van der Waals surface area contributed by atoms with Gasteiger partial charge in [0.25, 0.3) is 0 Å². The lowest BCUT2D eigenvalue weighted by atomic mass is 9.97. The Morgan fingerprint density at radius 2 is 1.94 bits per heavy atom. The van der Waals surface area contributed by atoms with Crippen LogP contribution in [0.3, 0.4) is 0 Å². The van der Waals surface area contributed by atoms with E-state index in [9.17, 15) is 0 Å². The van der Waals surface area contributed by atoms with E-state index < -0.39 is 5.92 Å². The summed E-state index contributed by atoms with van der Waals surface area (Å²) in [5.41, 5.74) is 0.799. The molecule has 1 unspecified atom stereocenters. The molecule has 2 rings (SSSR count). The normalized spacial score (nSPS) is 14.6. The summed E-state index contributed by atoms with van der Waals surface area (Å²) in [6.45, 7) is 1.07. The lowest BCUT2D eigenvalue weighted by Crippen LogP contribution is -2.15. The highest BCUT2D eigenvalue weighted by Gasteiger charge is 2.16. The highest BCUT2D eigenvalue weighted by molar-refractivity contribution is 5.45. The molecule has 4 heteroatoms. The number of benzene rings is 1. The maximum Gasteiger partial charge on any atom is 0.161 e. The number of fused-ring (bicyclic) bond motifs is 1. The van der Waals surface area contributed by atoms with Crippen LogP contribution >= 0.6 is 0 Å². The third-order valence-corrected chi connectivity index (χ3v) is 2.42. The van der Waals surface area contributed by atoms with E-state index in [-0.39, 0.29) is 6.42 Å². The lowest BCUT2D eigenvalue weighted by molar-refractivity contribution is 0.171. The van der Waals surface area contributed by atoms with Crippen LogP contribution in [0.15, 0.2) is 18.2 Å². The first-order valence-electron chi connectivity index (χ1n) is 5.01. The van der Waals surface area contributed by atoms with E-state index in [0.717, 1.165) is 5.56 Å². The third kappa shape index (κ3) is 1.92. The molecule has 1 heterocycles. The van der Waals surface area contributed by atoms with E-state index in [4.69, 9.17) is 20.0 Å². The van der Waals surface area contributed by atoms with Crippen LogP contribution in [0.1, 0.15) is 17.9 Å². The Labute approximate surface area is 93.6 Å². The highest BCUT2D eigenvalue weighted by atomic mass is 16.6. The van der Waals surface area contributed by atoms with Gasteiger partial charge in [-0.15, -0.1) is 0 Å². The van der Waals surface area contributed by atoms with Crippen LogP contribution in [0.25, 0.3) is 0 Å². The Bertz CT molecular complexity index is 471. The van der Waals surface area contributed by atoms with Crippen molar-refractivity contribution in [2.45, 2.75) is 12.3 Å². The predicted octanol–water partition coefficient (Wildman–Crippen LogP) is 1.98. The van der Waals surface area contributed by atoms with Crippen molar-refractivity contribution in [1.29, 1.82) is 10.5 Å². The van der Waals surface area contributed by atoms with Gasteiger partial charge in [0.2, 0.25) is 0 Å². The van der Waals surface area contributed by atoms with Crippen molar-refractivity contribution < 1.29 is 9.47 Å². The summed E-state index contributed by atoms with van der Waals surface area (Å²) in [5, 5.41) is 17.6. The molecule has 0 saturated carbocycles. The summed E-state index contributed by atoms with van der Waals surface area (Å²) in [4.78, 5) is 0. The molecule has 0 saturated heterocycles. The molecule has 0 aliphatic carbocycles. The number of nitrogens with zero attached hydrogens (tertiary/aromatic N) is 2. The average Bonchev–Trinajstić information content (AvgIpc) is 2.35. The van der Waals surface area contributed by atoms with Gasteiger partial charge in [0.15, 0.2) is 11.5 Å². The van der Waals surface area contributed by atoms with Gasteiger partial charge in [-0.1, -0.05) is 6.07 Å². The number of ether oxygens (including phenoxy) is 2. The van der Waals surface area contributed by atoms with Gasteiger partial charge in [-0.05, 0) is 17.7 Å². The quantitative estimate of drug-likeness (QED) is 0.754. The van der Waals surface area contributed by atoms with Gasteiger partial charge < -0.3 is 9.47 Å². The van der Waals surface area contributed by atoms with Crippen LogP contribution in [0.4, 0.5) is 0 Å². The molecule has 1 aromatic rings. The molecule has 80 valence electrons. The molecule has 0 N–H and O–H groups in total. The number of nitriles is 2. The predicted molar refractivity (Wildman–Crippen MR) is 56.0 cm³/mol. The van der Waals surface area contributed by atoms with Gasteiger partial charge in [-0.2, -0.15) is 10.5 Å². The van der Waals surface area contributed by atoms with Crippen molar-refractivity contribution in [3.05, 3.63) is 23.8 Å². The standard InChI is InChI=1S/C12H10N2O2/c13-4-3-10(8-14)9-1-2-11-12(7-9)16-6-5-15-11/h1-2,7,10H,3,5-6H2. The van der Waals surface area contributed by atoms with Crippen molar-refractivity contribution in [2.24, 2.45) is 0 Å². The largest absolute Gasteiger partial charge is 0.486 e. The highest BCUT2D eigenvalue weighted by Crippen LogP contribution is 2.33. The Morgan fingerprint density at radius 1 is 1.19 bits per heavy atom. The molecule has 1 aliphatic heterocycles. The molecule has 0 aromatic heterocycles. The first kappa shape index (κ1) is 10.3. The van der Waals surface area contributed by atoms with Crippen LogP contribution in [-0.2, 0) is 0 Å². The van der Waals surface area contributed by atoms with E-state index in [0.29, 0.717) is 24.7 Å². The first-order valence-corrected chi connectivity index (χ1v) is 5.01. The first-order chi connectivity index (χ1) is 7.85. The van der Waals surface area contributed by atoms with E-state index in [1.807, 2.05) is 6.07 Å². The second-order valence-electron chi connectivity index (χ2n) is 3.45. The van der Waals surface area contributed by atoms with Gasteiger partial charge in [-0.25, -0.2) is 0 Å². The maximum atomic E-state index is 8.94. The van der Waals surface area contributed by atoms with Gasteiger partial charge in [-0.3, -0.25) is 0 Å². The van der Waals surface area contributed by atoms with E-state index in [2.05, 4.69) is 6.07 Å². The Kier molecular flexibility index (Phi) is 2.93. The molecule has 1 atom stereocenters. The fraction of sp³-hybridized carbons (Fsp3) is 0.333. The topological polar surface area (TPSA) is 66.0 Å². The molecule has 16 heavy (non-hydrogen) atoms. The van der Waals surface area contributed by atoms with Crippen molar-refractivity contribution in [2.75, 3.05) is 13.2 Å². The molecular weight excluding hydrogens is 204 g/mol. The van der Waals surface area contributed by atoms with Gasteiger partial charge >= 0.3 is 0 Å². The fourth-order valence-electron chi connectivity index (χ4n) is 1.61. The number of rotatable bonds is 2. The van der Waals surface area contributed by atoms with Gasteiger partial charge in [0, 0.05) is 0 Å². The average molecular weight is 214 g/mol. The molecule has 0 fully saturated rings. The Hall–Kier alpha value is -2.20. The maximum absolute atomic E-state index is 8.94. The number of hydrogen-bond donors (Lipinski definition) is 0. The molecule has 4 nitrogen and oxygen atoms in total. The van der Waals surface area contributed by atoms with E-state index >= 15 is 0 Å². The summed E-state index contributed by atoms with van der Waals surface area (Å²) in [6.07, 6.45) is 0.191. The third-order valence-electron chi connectivity index (χ3n) is 2.42. The summed E-state index contributed by atoms with van der Waals surface area (Å²) in [7, 11) is 0. The summed E-state index contributed by atoms with van der Waals surface area (Å²) in [5.74, 6) is 0.950. The Balaban J connectivity index is 2.30. The second kappa shape index (κ2) is 4.55. The minimum Gasteiger partial charge on any atom is -0.486 e. The smallest absolute Gasteiger partial charge is 0.161 e.